The highest BCUT2D eigenvalue weighted by Crippen LogP contribution is 2.44. The van der Waals surface area contributed by atoms with Crippen molar-refractivity contribution in [1.29, 1.82) is 0 Å². The van der Waals surface area contributed by atoms with Crippen molar-refractivity contribution >= 4 is 64.2 Å². The number of carbonyl (C=O) groups excluding carboxylic acids is 2. The van der Waals surface area contributed by atoms with Crippen molar-refractivity contribution < 1.29 is 19.5 Å². The van der Waals surface area contributed by atoms with Crippen LogP contribution in [0.2, 0.25) is 0 Å². The van der Waals surface area contributed by atoms with E-state index in [0.717, 1.165) is 9.75 Å². The van der Waals surface area contributed by atoms with Gasteiger partial charge < -0.3 is 10.4 Å². The standard InChI is InChI=1S/C16H14N4O4S4/c21-11(4-8-2-1-3-25-8)18-12-14(22)20-13(16(23)24)10(7-27-15(12)20)26-6-9-5-17-19-28-9/h1-3,5,12,15H,4,6-7H2,(H,18,21)(H,23,24)/t12-,15-/m1/s1. The first-order valence-corrected chi connectivity index (χ1v) is 11.8. The molecule has 0 spiro atoms. The lowest BCUT2D eigenvalue weighted by Crippen LogP contribution is -2.70. The third-order valence-electron chi connectivity index (χ3n) is 4.16. The third-order valence-corrected chi connectivity index (χ3v) is 8.49. The molecule has 0 saturated carbocycles. The fourth-order valence-electron chi connectivity index (χ4n) is 2.91. The molecule has 2 aromatic rings. The first-order chi connectivity index (χ1) is 13.5. The van der Waals surface area contributed by atoms with E-state index in [-0.39, 0.29) is 29.3 Å². The maximum atomic E-state index is 12.6. The monoisotopic (exact) mass is 454 g/mol. The summed E-state index contributed by atoms with van der Waals surface area (Å²) in [7, 11) is 0. The molecule has 0 aliphatic carbocycles. The molecule has 12 heteroatoms. The van der Waals surface area contributed by atoms with Gasteiger partial charge in [-0.15, -0.1) is 40.0 Å². The van der Waals surface area contributed by atoms with Crippen LogP contribution in [0.3, 0.4) is 0 Å². The Balaban J connectivity index is 1.44. The van der Waals surface area contributed by atoms with Crippen molar-refractivity contribution in [1.82, 2.24) is 19.8 Å². The van der Waals surface area contributed by atoms with E-state index in [1.54, 1.807) is 6.20 Å². The van der Waals surface area contributed by atoms with E-state index in [0.29, 0.717) is 16.4 Å². The quantitative estimate of drug-likeness (QED) is 0.609. The van der Waals surface area contributed by atoms with Gasteiger partial charge in [-0.1, -0.05) is 10.6 Å². The van der Waals surface area contributed by atoms with Gasteiger partial charge >= 0.3 is 5.97 Å². The van der Waals surface area contributed by atoms with Crippen LogP contribution in [0.25, 0.3) is 0 Å². The summed E-state index contributed by atoms with van der Waals surface area (Å²) >= 11 is 5.58. The lowest BCUT2D eigenvalue weighted by atomic mass is 10.0. The number of amides is 2. The van der Waals surface area contributed by atoms with E-state index < -0.39 is 12.0 Å². The van der Waals surface area contributed by atoms with Gasteiger partial charge in [-0.05, 0) is 23.0 Å². The highest BCUT2D eigenvalue weighted by atomic mass is 32.2. The Labute approximate surface area is 176 Å². The van der Waals surface area contributed by atoms with Crippen LogP contribution in [0.15, 0.2) is 34.3 Å². The van der Waals surface area contributed by atoms with Crippen molar-refractivity contribution in [3.05, 3.63) is 44.1 Å². The molecule has 28 heavy (non-hydrogen) atoms. The van der Waals surface area contributed by atoms with Gasteiger partial charge in [0.05, 0.1) is 17.5 Å². The van der Waals surface area contributed by atoms with Crippen LogP contribution in [0.4, 0.5) is 0 Å². The molecule has 1 saturated heterocycles. The summed E-state index contributed by atoms with van der Waals surface area (Å²) in [6.07, 6.45) is 1.86. The number of thiophene rings is 1. The average molecular weight is 455 g/mol. The Morgan fingerprint density at radius 2 is 2.25 bits per heavy atom. The van der Waals surface area contributed by atoms with E-state index in [1.165, 1.54) is 51.3 Å². The van der Waals surface area contributed by atoms with Crippen molar-refractivity contribution in [3.8, 4) is 0 Å². The summed E-state index contributed by atoms with van der Waals surface area (Å²) in [5.74, 6) is -0.721. The van der Waals surface area contributed by atoms with Crippen molar-refractivity contribution in [2.45, 2.75) is 23.6 Å². The first-order valence-electron chi connectivity index (χ1n) is 8.16. The van der Waals surface area contributed by atoms with E-state index in [2.05, 4.69) is 14.9 Å². The Morgan fingerprint density at radius 1 is 1.39 bits per heavy atom. The molecule has 2 aromatic heterocycles. The number of fused-ring (bicyclic) bond motifs is 1. The molecule has 0 aromatic carbocycles. The minimum absolute atomic E-state index is 0.0139. The Morgan fingerprint density at radius 3 is 2.93 bits per heavy atom. The van der Waals surface area contributed by atoms with Crippen LogP contribution in [-0.4, -0.2) is 54.5 Å². The second-order valence-electron chi connectivity index (χ2n) is 5.96. The number of nitrogens with zero attached hydrogens (tertiary/aromatic N) is 3. The van der Waals surface area contributed by atoms with E-state index in [1.807, 2.05) is 17.5 Å². The molecule has 0 radical (unpaired) electrons. The van der Waals surface area contributed by atoms with Gasteiger partial charge in [0.25, 0.3) is 5.91 Å². The lowest BCUT2D eigenvalue weighted by Gasteiger charge is -2.49. The molecule has 2 aliphatic rings. The van der Waals surface area contributed by atoms with Gasteiger partial charge in [-0.2, -0.15) is 0 Å². The fraction of sp³-hybridized carbons (Fsp3) is 0.312. The SMILES string of the molecule is O=C(Cc1cccs1)N[C@@H]1C(=O)N2C(C(=O)O)=C(SCc3cnns3)CS[C@H]12. The number of carbonyl (C=O) groups is 3. The summed E-state index contributed by atoms with van der Waals surface area (Å²) in [4.78, 5) is 40.4. The topological polar surface area (TPSA) is 112 Å². The predicted octanol–water partition coefficient (Wildman–Crippen LogP) is 1.77. The molecule has 4 heterocycles. The number of aromatic nitrogens is 2. The molecule has 0 unspecified atom stereocenters. The molecular formula is C16H14N4O4S4. The number of rotatable bonds is 7. The van der Waals surface area contributed by atoms with Crippen LogP contribution in [0.1, 0.15) is 9.75 Å². The predicted molar refractivity (Wildman–Crippen MR) is 109 cm³/mol. The number of carboxylic acids is 1. The number of carboxylic acid groups (broad SMARTS) is 1. The summed E-state index contributed by atoms with van der Waals surface area (Å²) in [6, 6.07) is 3.04. The highest BCUT2D eigenvalue weighted by Gasteiger charge is 2.54. The molecule has 0 bridgehead atoms. The van der Waals surface area contributed by atoms with Crippen LogP contribution in [-0.2, 0) is 26.6 Å². The number of nitrogens with one attached hydrogen (secondary N) is 1. The van der Waals surface area contributed by atoms with Gasteiger partial charge in [0, 0.05) is 21.3 Å². The number of β-lactam (4-membered cyclic amide) rings is 1. The van der Waals surface area contributed by atoms with E-state index in [4.69, 9.17) is 0 Å². The van der Waals surface area contributed by atoms with Gasteiger partial charge in [-0.3, -0.25) is 14.5 Å². The highest BCUT2D eigenvalue weighted by molar-refractivity contribution is 8.05. The second kappa shape index (κ2) is 8.23. The Bertz CT molecular complexity index is 929. The zero-order chi connectivity index (χ0) is 19.7. The molecule has 8 nitrogen and oxygen atoms in total. The Kier molecular flexibility index (Phi) is 5.71. The molecule has 1 fully saturated rings. The molecule has 146 valence electrons. The minimum atomic E-state index is -1.13. The summed E-state index contributed by atoms with van der Waals surface area (Å²) in [5.41, 5.74) is 0.0139. The molecular weight excluding hydrogens is 440 g/mol. The molecule has 4 rings (SSSR count). The van der Waals surface area contributed by atoms with Crippen LogP contribution < -0.4 is 5.32 Å². The second-order valence-corrected chi connectivity index (χ2v) is 10.0. The fourth-order valence-corrected chi connectivity index (χ4v) is 6.74. The van der Waals surface area contributed by atoms with Gasteiger partial charge in [-0.25, -0.2) is 4.79 Å². The normalized spacial score (nSPS) is 21.3. The summed E-state index contributed by atoms with van der Waals surface area (Å²) in [6.45, 7) is 0. The first kappa shape index (κ1) is 19.4. The van der Waals surface area contributed by atoms with Gasteiger partial charge in [0.2, 0.25) is 5.91 Å². The van der Waals surface area contributed by atoms with Crippen molar-refractivity contribution in [3.63, 3.8) is 0 Å². The average Bonchev–Trinajstić information content (AvgIpc) is 3.37. The number of aliphatic carboxylic acids is 1. The minimum Gasteiger partial charge on any atom is -0.477 e. The largest absolute Gasteiger partial charge is 0.477 e. The van der Waals surface area contributed by atoms with Crippen molar-refractivity contribution in [2.75, 3.05) is 5.75 Å². The molecule has 2 N–H and O–H groups in total. The van der Waals surface area contributed by atoms with Crippen molar-refractivity contribution in [2.24, 2.45) is 0 Å². The maximum absolute atomic E-state index is 12.6. The number of hydrogen-bond donors (Lipinski definition) is 2. The zero-order valence-electron chi connectivity index (χ0n) is 14.2. The Hall–Kier alpha value is -1.89. The van der Waals surface area contributed by atoms with Crippen LogP contribution >= 0.6 is 46.4 Å². The third kappa shape index (κ3) is 3.81. The maximum Gasteiger partial charge on any atom is 0.353 e. The zero-order valence-corrected chi connectivity index (χ0v) is 17.5. The number of thioether (sulfide) groups is 2. The lowest BCUT2D eigenvalue weighted by molar-refractivity contribution is -0.150. The van der Waals surface area contributed by atoms with Crippen LogP contribution in [0, 0.1) is 0 Å². The summed E-state index contributed by atoms with van der Waals surface area (Å²) in [5, 5.41) is 17.7. The van der Waals surface area contributed by atoms with Gasteiger partial charge in [0.1, 0.15) is 17.1 Å². The summed E-state index contributed by atoms with van der Waals surface area (Å²) < 4.78 is 3.79. The smallest absolute Gasteiger partial charge is 0.353 e. The molecule has 2 aliphatic heterocycles. The molecule has 2 atom stereocenters. The number of hydrogen-bond acceptors (Lipinski definition) is 9. The molecule has 2 amide bonds. The van der Waals surface area contributed by atoms with Crippen LogP contribution in [0.5, 0.6) is 0 Å². The van der Waals surface area contributed by atoms with Gasteiger partial charge in [0.15, 0.2) is 0 Å². The van der Waals surface area contributed by atoms with E-state index in [9.17, 15) is 19.5 Å². The van der Waals surface area contributed by atoms with E-state index >= 15 is 0 Å².